The van der Waals surface area contributed by atoms with E-state index < -0.39 is 0 Å². The zero-order valence-electron chi connectivity index (χ0n) is 12.3. The molecule has 0 aliphatic heterocycles. The first-order valence-corrected chi connectivity index (χ1v) is 6.94. The molecule has 21 heavy (non-hydrogen) atoms. The lowest BCUT2D eigenvalue weighted by Gasteiger charge is -2.09. The van der Waals surface area contributed by atoms with Crippen molar-refractivity contribution in [2.24, 2.45) is 5.84 Å². The molecule has 0 saturated heterocycles. The number of hydrazine groups is 1. The minimum atomic E-state index is 0.317. The molecular weight excluding hydrogens is 268 g/mol. The lowest BCUT2D eigenvalue weighted by Crippen LogP contribution is -2.11. The van der Waals surface area contributed by atoms with Gasteiger partial charge in [0, 0.05) is 12.7 Å². The van der Waals surface area contributed by atoms with Gasteiger partial charge in [0.25, 0.3) is 0 Å². The highest BCUT2D eigenvalue weighted by atomic mass is 16.5. The summed E-state index contributed by atoms with van der Waals surface area (Å²) in [4.78, 5) is 8.51. The van der Waals surface area contributed by atoms with Gasteiger partial charge in [-0.3, -0.25) is 0 Å². The van der Waals surface area contributed by atoms with E-state index in [0.717, 1.165) is 12.2 Å². The third-order valence-corrected chi connectivity index (χ3v) is 2.89. The summed E-state index contributed by atoms with van der Waals surface area (Å²) < 4.78 is 11.0. The molecule has 0 atom stereocenters. The Kier molecular flexibility index (Phi) is 5.48. The maximum atomic E-state index is 5.74. The van der Waals surface area contributed by atoms with E-state index in [1.54, 1.807) is 6.07 Å². The van der Waals surface area contributed by atoms with E-state index >= 15 is 0 Å². The maximum absolute atomic E-state index is 5.74. The van der Waals surface area contributed by atoms with Gasteiger partial charge in [-0.25, -0.2) is 10.8 Å². The van der Waals surface area contributed by atoms with E-state index in [1.165, 1.54) is 5.56 Å². The second kappa shape index (κ2) is 7.56. The van der Waals surface area contributed by atoms with Crippen LogP contribution in [0.4, 0.5) is 5.82 Å². The zero-order chi connectivity index (χ0) is 15.1. The van der Waals surface area contributed by atoms with Crippen molar-refractivity contribution in [2.75, 3.05) is 12.0 Å². The summed E-state index contributed by atoms with van der Waals surface area (Å²) in [6.07, 6.45) is 0.994. The maximum Gasteiger partial charge on any atom is 0.224 e. The summed E-state index contributed by atoms with van der Waals surface area (Å²) >= 11 is 0. The van der Waals surface area contributed by atoms with Gasteiger partial charge in [-0.1, -0.05) is 19.1 Å². The van der Waals surface area contributed by atoms with Crippen LogP contribution in [0.1, 0.15) is 25.2 Å². The van der Waals surface area contributed by atoms with Crippen LogP contribution in [0.2, 0.25) is 0 Å². The van der Waals surface area contributed by atoms with Gasteiger partial charge in [-0.15, -0.1) is 0 Å². The van der Waals surface area contributed by atoms with Gasteiger partial charge in [0.05, 0.1) is 0 Å². The molecule has 0 amide bonds. The van der Waals surface area contributed by atoms with E-state index in [-0.39, 0.29) is 0 Å². The number of ether oxygens (including phenoxy) is 2. The fourth-order valence-corrected chi connectivity index (χ4v) is 1.77. The first-order chi connectivity index (χ1) is 10.2. The molecule has 0 unspecified atom stereocenters. The Morgan fingerprint density at radius 1 is 1.14 bits per heavy atom. The van der Waals surface area contributed by atoms with Crippen molar-refractivity contribution in [3.05, 3.63) is 41.7 Å². The monoisotopic (exact) mass is 288 g/mol. The van der Waals surface area contributed by atoms with Crippen molar-refractivity contribution in [3.8, 4) is 11.6 Å². The summed E-state index contributed by atoms with van der Waals surface area (Å²) in [6, 6.07) is 9.53. The van der Waals surface area contributed by atoms with Gasteiger partial charge in [0.15, 0.2) is 5.82 Å². The molecule has 0 saturated carbocycles. The molecule has 6 heteroatoms. The van der Waals surface area contributed by atoms with Crippen molar-refractivity contribution in [2.45, 2.75) is 26.9 Å². The standard InChI is InChI=1S/C15H20N4O2/c1-3-11-5-7-12(8-6-11)21-15-9-13(19-16)17-14(18-15)10-20-4-2/h5-9H,3-4,10,16H2,1-2H3,(H,17,18,19). The van der Waals surface area contributed by atoms with Gasteiger partial charge in [0.1, 0.15) is 18.2 Å². The van der Waals surface area contributed by atoms with Gasteiger partial charge in [-0.05, 0) is 31.0 Å². The number of anilines is 1. The van der Waals surface area contributed by atoms with Crippen LogP contribution in [0.15, 0.2) is 30.3 Å². The van der Waals surface area contributed by atoms with Crippen LogP contribution in [0.5, 0.6) is 11.6 Å². The Hall–Kier alpha value is -2.18. The number of nitrogens with one attached hydrogen (secondary N) is 1. The van der Waals surface area contributed by atoms with Crippen LogP contribution in [-0.4, -0.2) is 16.6 Å². The number of nitrogen functional groups attached to an aromatic ring is 1. The van der Waals surface area contributed by atoms with Crippen molar-refractivity contribution >= 4 is 5.82 Å². The van der Waals surface area contributed by atoms with E-state index in [2.05, 4.69) is 22.3 Å². The van der Waals surface area contributed by atoms with Crippen molar-refractivity contribution in [1.82, 2.24) is 9.97 Å². The van der Waals surface area contributed by atoms with Gasteiger partial charge in [0.2, 0.25) is 5.88 Å². The minimum absolute atomic E-state index is 0.317. The topological polar surface area (TPSA) is 82.3 Å². The van der Waals surface area contributed by atoms with Gasteiger partial charge in [-0.2, -0.15) is 4.98 Å². The molecule has 0 fully saturated rings. The third-order valence-electron chi connectivity index (χ3n) is 2.89. The predicted octanol–water partition coefficient (Wildman–Crippen LogP) is 2.65. The molecule has 0 bridgehead atoms. The van der Waals surface area contributed by atoms with Crippen LogP contribution < -0.4 is 16.0 Å². The molecule has 0 spiro atoms. The normalized spacial score (nSPS) is 10.4. The highest BCUT2D eigenvalue weighted by Crippen LogP contribution is 2.22. The molecule has 2 rings (SSSR count). The van der Waals surface area contributed by atoms with Gasteiger partial charge < -0.3 is 14.9 Å². The highest BCUT2D eigenvalue weighted by molar-refractivity contribution is 5.39. The summed E-state index contributed by atoms with van der Waals surface area (Å²) in [7, 11) is 0. The third kappa shape index (κ3) is 4.40. The fraction of sp³-hybridized carbons (Fsp3) is 0.333. The molecular formula is C15H20N4O2. The van der Waals surface area contributed by atoms with Crippen molar-refractivity contribution in [1.29, 1.82) is 0 Å². The first-order valence-electron chi connectivity index (χ1n) is 6.94. The van der Waals surface area contributed by atoms with E-state index in [1.807, 2.05) is 31.2 Å². The first kappa shape index (κ1) is 15.2. The summed E-state index contributed by atoms with van der Waals surface area (Å²) in [5.74, 6) is 7.56. The number of rotatable bonds is 7. The van der Waals surface area contributed by atoms with Crippen molar-refractivity contribution in [3.63, 3.8) is 0 Å². The second-order valence-electron chi connectivity index (χ2n) is 4.39. The highest BCUT2D eigenvalue weighted by Gasteiger charge is 2.06. The molecule has 3 N–H and O–H groups in total. The zero-order valence-corrected chi connectivity index (χ0v) is 12.3. The molecule has 0 aliphatic carbocycles. The summed E-state index contributed by atoms with van der Waals surface area (Å²) in [5, 5.41) is 0. The number of nitrogens with two attached hydrogens (primary N) is 1. The molecule has 6 nitrogen and oxygen atoms in total. The number of nitrogens with zero attached hydrogens (tertiary/aromatic N) is 2. The van der Waals surface area contributed by atoms with Crippen LogP contribution >= 0.6 is 0 Å². The largest absolute Gasteiger partial charge is 0.439 e. The fourth-order valence-electron chi connectivity index (χ4n) is 1.77. The quantitative estimate of drug-likeness (QED) is 0.602. The number of aromatic nitrogens is 2. The van der Waals surface area contributed by atoms with Crippen LogP contribution in [-0.2, 0) is 17.8 Å². The molecule has 0 aliphatic rings. The number of hydrogen-bond acceptors (Lipinski definition) is 6. The Balaban J connectivity index is 2.16. The van der Waals surface area contributed by atoms with Crippen LogP contribution in [0, 0.1) is 0 Å². The summed E-state index contributed by atoms with van der Waals surface area (Å²) in [6.45, 7) is 4.94. The Morgan fingerprint density at radius 3 is 2.52 bits per heavy atom. The molecule has 1 aromatic heterocycles. The van der Waals surface area contributed by atoms with Crippen molar-refractivity contribution < 1.29 is 9.47 Å². The Bertz CT molecular complexity index is 572. The van der Waals surface area contributed by atoms with Crippen LogP contribution in [0.3, 0.4) is 0 Å². The smallest absolute Gasteiger partial charge is 0.224 e. The van der Waals surface area contributed by atoms with Crippen LogP contribution in [0.25, 0.3) is 0 Å². The molecule has 112 valence electrons. The average Bonchev–Trinajstić information content (AvgIpc) is 2.53. The molecule has 1 aromatic carbocycles. The SMILES string of the molecule is CCOCc1nc(NN)cc(Oc2ccc(CC)cc2)n1. The number of benzene rings is 1. The summed E-state index contributed by atoms with van der Waals surface area (Å²) in [5.41, 5.74) is 3.76. The van der Waals surface area contributed by atoms with E-state index in [9.17, 15) is 0 Å². The minimum Gasteiger partial charge on any atom is -0.439 e. The Morgan fingerprint density at radius 2 is 1.90 bits per heavy atom. The second-order valence-corrected chi connectivity index (χ2v) is 4.39. The van der Waals surface area contributed by atoms with E-state index in [4.69, 9.17) is 15.3 Å². The molecule has 2 aromatic rings. The lowest BCUT2D eigenvalue weighted by molar-refractivity contribution is 0.128. The predicted molar refractivity (Wildman–Crippen MR) is 81.1 cm³/mol. The van der Waals surface area contributed by atoms with Gasteiger partial charge >= 0.3 is 0 Å². The lowest BCUT2D eigenvalue weighted by atomic mass is 10.2. The average molecular weight is 288 g/mol. The molecule has 1 heterocycles. The number of aryl methyl sites for hydroxylation is 1. The Labute approximate surface area is 124 Å². The van der Waals surface area contributed by atoms with E-state index in [0.29, 0.717) is 30.7 Å². The number of hydrogen-bond donors (Lipinski definition) is 2. The molecule has 0 radical (unpaired) electrons.